The van der Waals surface area contributed by atoms with Crippen molar-refractivity contribution in [3.8, 4) is 11.5 Å². The number of hydrogen-bond donors (Lipinski definition) is 1. The molecule has 0 radical (unpaired) electrons. The van der Waals surface area contributed by atoms with E-state index in [0.717, 1.165) is 29.7 Å². The van der Waals surface area contributed by atoms with Crippen LogP contribution in [0.5, 0.6) is 11.5 Å². The van der Waals surface area contributed by atoms with Crippen LogP contribution in [0.1, 0.15) is 30.4 Å². The Kier molecular flexibility index (Phi) is 7.97. The van der Waals surface area contributed by atoms with Crippen LogP contribution in [-0.2, 0) is 14.3 Å². The molecule has 1 N–H and O–H groups in total. The Hall–Kier alpha value is -3.04. The minimum atomic E-state index is -0.555. The van der Waals surface area contributed by atoms with E-state index >= 15 is 0 Å². The maximum Gasteiger partial charge on any atom is 0.242 e. The average molecular weight is 498 g/mol. The number of carbonyl (C=O) groups is 2. The number of amidine groups is 1. The van der Waals surface area contributed by atoms with Gasteiger partial charge in [-0.2, -0.15) is 0 Å². The molecule has 0 bridgehead atoms. The topological polar surface area (TPSA) is 89.5 Å². The summed E-state index contributed by atoms with van der Waals surface area (Å²) in [5.41, 5.74) is 3.53. The number of carbonyl (C=O) groups excluding carboxylic acids is 2. The van der Waals surface area contributed by atoms with Gasteiger partial charge in [0.25, 0.3) is 0 Å². The molecule has 2 heterocycles. The van der Waals surface area contributed by atoms with Gasteiger partial charge in [-0.15, -0.1) is 0 Å². The number of nitrogens with one attached hydrogen (secondary N) is 1. The predicted molar refractivity (Wildman–Crippen MR) is 138 cm³/mol. The van der Waals surface area contributed by atoms with Crippen molar-refractivity contribution >= 4 is 40.1 Å². The summed E-state index contributed by atoms with van der Waals surface area (Å²) in [7, 11) is 3.09. The fourth-order valence-electron chi connectivity index (χ4n) is 4.12. The number of thioether (sulfide) groups is 1. The number of hydrogen-bond acceptors (Lipinski definition) is 7. The van der Waals surface area contributed by atoms with E-state index in [9.17, 15) is 9.59 Å². The molecule has 0 aromatic heterocycles. The maximum atomic E-state index is 13.4. The standard InChI is InChI=1S/C26H31N3O5S/c1-16-7-8-17(2)20(12-16)28-26-29(15-19-6-5-11-34-19)25(31)23(35-26)14-24(30)27-18-9-10-21(32-3)22(13-18)33-4/h7-10,12-13,19,23H,5-6,11,14-15H2,1-4H3,(H,27,30). The molecule has 2 amide bonds. The highest BCUT2D eigenvalue weighted by Crippen LogP contribution is 2.34. The van der Waals surface area contributed by atoms with Crippen molar-refractivity contribution in [2.75, 3.05) is 32.7 Å². The van der Waals surface area contributed by atoms with Gasteiger partial charge >= 0.3 is 0 Å². The molecule has 186 valence electrons. The van der Waals surface area contributed by atoms with Gasteiger partial charge in [-0.1, -0.05) is 23.9 Å². The third-order valence-corrected chi connectivity index (χ3v) is 7.22. The molecule has 2 atom stereocenters. The van der Waals surface area contributed by atoms with Crippen LogP contribution >= 0.6 is 11.8 Å². The van der Waals surface area contributed by atoms with Gasteiger partial charge in [0.05, 0.1) is 32.6 Å². The summed E-state index contributed by atoms with van der Waals surface area (Å²) in [6, 6.07) is 11.2. The molecule has 2 aliphatic heterocycles. The zero-order chi connectivity index (χ0) is 24.9. The van der Waals surface area contributed by atoms with Gasteiger partial charge in [-0.05, 0) is 56.0 Å². The molecule has 2 fully saturated rings. The van der Waals surface area contributed by atoms with Gasteiger partial charge in [-0.25, -0.2) is 4.99 Å². The number of methoxy groups -OCH3 is 2. The third-order valence-electron chi connectivity index (χ3n) is 6.05. The molecule has 0 aliphatic carbocycles. The zero-order valence-electron chi connectivity index (χ0n) is 20.5. The molecule has 0 spiro atoms. The van der Waals surface area contributed by atoms with E-state index in [-0.39, 0.29) is 24.3 Å². The molecular formula is C26H31N3O5S. The van der Waals surface area contributed by atoms with Crippen molar-refractivity contribution in [1.82, 2.24) is 4.90 Å². The number of nitrogens with zero attached hydrogens (tertiary/aromatic N) is 2. The summed E-state index contributed by atoms with van der Waals surface area (Å²) in [5, 5.41) is 2.92. The van der Waals surface area contributed by atoms with Crippen LogP contribution in [0.15, 0.2) is 41.4 Å². The number of benzene rings is 2. The molecule has 2 aliphatic rings. The number of rotatable bonds is 8. The summed E-state index contributed by atoms with van der Waals surface area (Å²) >= 11 is 1.34. The minimum absolute atomic E-state index is 0.0114. The molecule has 35 heavy (non-hydrogen) atoms. The first-order valence-electron chi connectivity index (χ1n) is 11.7. The van der Waals surface area contributed by atoms with Gasteiger partial charge < -0.3 is 19.5 Å². The average Bonchev–Trinajstić information content (AvgIpc) is 3.45. The highest BCUT2D eigenvalue weighted by Gasteiger charge is 2.40. The molecule has 2 unspecified atom stereocenters. The lowest BCUT2D eigenvalue weighted by molar-refractivity contribution is -0.129. The van der Waals surface area contributed by atoms with E-state index < -0.39 is 5.25 Å². The van der Waals surface area contributed by atoms with Gasteiger partial charge in [0, 0.05) is 24.8 Å². The lowest BCUT2D eigenvalue weighted by atomic mass is 10.1. The van der Waals surface area contributed by atoms with E-state index in [1.165, 1.54) is 18.9 Å². The van der Waals surface area contributed by atoms with E-state index in [0.29, 0.717) is 35.5 Å². The van der Waals surface area contributed by atoms with Crippen LogP contribution in [0.3, 0.4) is 0 Å². The van der Waals surface area contributed by atoms with Crippen LogP contribution in [-0.4, -0.2) is 60.6 Å². The summed E-state index contributed by atoms with van der Waals surface area (Å²) in [4.78, 5) is 32.8. The lowest BCUT2D eigenvalue weighted by Crippen LogP contribution is -2.38. The molecule has 2 aromatic carbocycles. The van der Waals surface area contributed by atoms with E-state index in [4.69, 9.17) is 19.2 Å². The Morgan fingerprint density at radius 3 is 2.69 bits per heavy atom. The Bertz CT molecular complexity index is 1130. The Balaban J connectivity index is 1.51. The van der Waals surface area contributed by atoms with Crippen LogP contribution in [0.4, 0.5) is 11.4 Å². The fraction of sp³-hybridized carbons (Fsp3) is 0.423. The van der Waals surface area contributed by atoms with Crippen molar-refractivity contribution < 1.29 is 23.8 Å². The minimum Gasteiger partial charge on any atom is -0.493 e. The lowest BCUT2D eigenvalue weighted by Gasteiger charge is -2.20. The summed E-state index contributed by atoms with van der Waals surface area (Å²) in [6.07, 6.45) is 1.92. The molecule has 0 saturated carbocycles. The fourth-order valence-corrected chi connectivity index (χ4v) is 5.28. The first kappa shape index (κ1) is 25.1. The van der Waals surface area contributed by atoms with Gasteiger partial charge in [0.15, 0.2) is 16.7 Å². The zero-order valence-corrected chi connectivity index (χ0v) is 21.3. The second-order valence-electron chi connectivity index (χ2n) is 8.70. The number of aliphatic imine (C=N–C) groups is 1. The molecule has 4 rings (SSSR count). The van der Waals surface area contributed by atoms with Crippen molar-refractivity contribution in [3.63, 3.8) is 0 Å². The second-order valence-corrected chi connectivity index (χ2v) is 9.87. The number of ether oxygens (including phenoxy) is 3. The maximum absolute atomic E-state index is 13.4. The molecule has 9 heteroatoms. The highest BCUT2D eigenvalue weighted by atomic mass is 32.2. The summed E-state index contributed by atoms with van der Waals surface area (Å²) < 4.78 is 16.3. The number of amides is 2. The monoisotopic (exact) mass is 497 g/mol. The van der Waals surface area contributed by atoms with Crippen molar-refractivity contribution in [2.45, 2.75) is 44.5 Å². The Labute approximate surface area is 210 Å². The van der Waals surface area contributed by atoms with Gasteiger partial charge in [0.1, 0.15) is 5.25 Å². The van der Waals surface area contributed by atoms with Gasteiger partial charge in [-0.3, -0.25) is 14.5 Å². The van der Waals surface area contributed by atoms with Crippen LogP contribution < -0.4 is 14.8 Å². The van der Waals surface area contributed by atoms with Crippen molar-refractivity contribution in [2.24, 2.45) is 4.99 Å². The Morgan fingerprint density at radius 1 is 1.17 bits per heavy atom. The third kappa shape index (κ3) is 5.97. The van der Waals surface area contributed by atoms with Gasteiger partial charge in [0.2, 0.25) is 11.8 Å². The van der Waals surface area contributed by atoms with Crippen LogP contribution in [0, 0.1) is 13.8 Å². The first-order chi connectivity index (χ1) is 16.9. The van der Waals surface area contributed by atoms with E-state index in [1.807, 2.05) is 32.0 Å². The molecule has 8 nitrogen and oxygen atoms in total. The quantitative estimate of drug-likeness (QED) is 0.579. The number of anilines is 1. The largest absolute Gasteiger partial charge is 0.493 e. The van der Waals surface area contributed by atoms with E-state index in [2.05, 4.69) is 5.32 Å². The molecule has 2 saturated heterocycles. The van der Waals surface area contributed by atoms with E-state index in [1.54, 1.807) is 30.2 Å². The van der Waals surface area contributed by atoms with Crippen LogP contribution in [0.2, 0.25) is 0 Å². The molecule has 2 aromatic rings. The first-order valence-corrected chi connectivity index (χ1v) is 12.5. The summed E-state index contributed by atoms with van der Waals surface area (Å²) in [5.74, 6) is 0.719. The van der Waals surface area contributed by atoms with Crippen molar-refractivity contribution in [3.05, 3.63) is 47.5 Å². The van der Waals surface area contributed by atoms with Crippen molar-refractivity contribution in [1.29, 1.82) is 0 Å². The Morgan fingerprint density at radius 2 is 1.97 bits per heavy atom. The normalized spacial score (nSPS) is 21.0. The molecular weight excluding hydrogens is 466 g/mol. The van der Waals surface area contributed by atoms with Crippen LogP contribution in [0.25, 0.3) is 0 Å². The number of aryl methyl sites for hydroxylation is 2. The SMILES string of the molecule is COc1ccc(NC(=O)CC2SC(=Nc3cc(C)ccc3C)N(CC3CCCO3)C2=O)cc1OC. The highest BCUT2D eigenvalue weighted by molar-refractivity contribution is 8.15. The summed E-state index contributed by atoms with van der Waals surface area (Å²) in [6.45, 7) is 5.17. The predicted octanol–water partition coefficient (Wildman–Crippen LogP) is 4.46. The smallest absolute Gasteiger partial charge is 0.242 e. The second kappa shape index (κ2) is 11.1.